The Labute approximate surface area is 150 Å². The third kappa shape index (κ3) is 5.21. The summed E-state index contributed by atoms with van der Waals surface area (Å²) in [4.78, 5) is 26.0. The smallest absolute Gasteiger partial charge is 0.223 e. The first-order valence-electron chi connectivity index (χ1n) is 9.19. The summed E-state index contributed by atoms with van der Waals surface area (Å²) in [6.45, 7) is 9.69. The van der Waals surface area contributed by atoms with Gasteiger partial charge in [-0.1, -0.05) is 25.1 Å². The second-order valence-electron chi connectivity index (χ2n) is 6.95. The molecule has 0 aliphatic carbocycles. The lowest BCUT2D eigenvalue weighted by atomic mass is 9.95. The van der Waals surface area contributed by atoms with E-state index in [1.54, 1.807) is 0 Å². The third-order valence-corrected chi connectivity index (χ3v) is 4.80. The molecule has 0 radical (unpaired) electrons. The van der Waals surface area contributed by atoms with Gasteiger partial charge in [-0.2, -0.15) is 0 Å². The summed E-state index contributed by atoms with van der Waals surface area (Å²) in [5.74, 6) is 1.13. The SMILES string of the molecule is CCC(=O)N1CCC(C(=O)NC(C)COc2c(C)cccc2C)CC1. The molecule has 2 amide bonds. The lowest BCUT2D eigenvalue weighted by molar-refractivity contribution is -0.135. The van der Waals surface area contributed by atoms with Crippen LogP contribution in [0.15, 0.2) is 18.2 Å². The van der Waals surface area contributed by atoms with Crippen molar-refractivity contribution in [3.8, 4) is 5.75 Å². The van der Waals surface area contributed by atoms with Gasteiger partial charge in [0.2, 0.25) is 11.8 Å². The number of aryl methyl sites for hydroxylation is 2. The molecule has 0 bridgehead atoms. The molecule has 1 unspecified atom stereocenters. The molecule has 0 aromatic heterocycles. The van der Waals surface area contributed by atoms with E-state index in [0.29, 0.717) is 26.1 Å². The van der Waals surface area contributed by atoms with Gasteiger partial charge < -0.3 is 15.0 Å². The molecular weight excluding hydrogens is 316 g/mol. The summed E-state index contributed by atoms with van der Waals surface area (Å²) in [6.07, 6.45) is 2.01. The van der Waals surface area contributed by atoms with Crippen LogP contribution in [0.25, 0.3) is 0 Å². The standard InChI is InChI=1S/C20H30N2O3/c1-5-18(23)22-11-9-17(10-12-22)20(24)21-16(4)13-25-19-14(2)7-6-8-15(19)3/h6-8,16-17H,5,9-13H2,1-4H3,(H,21,24). The Morgan fingerprint density at radius 2 is 1.84 bits per heavy atom. The number of rotatable bonds is 6. The Kier molecular flexibility index (Phi) is 6.85. The van der Waals surface area contributed by atoms with E-state index < -0.39 is 0 Å². The number of benzene rings is 1. The van der Waals surface area contributed by atoms with Crippen LogP contribution in [0.3, 0.4) is 0 Å². The minimum absolute atomic E-state index is 0.0106. The van der Waals surface area contributed by atoms with Crippen molar-refractivity contribution in [3.63, 3.8) is 0 Å². The van der Waals surface area contributed by atoms with E-state index in [-0.39, 0.29) is 23.8 Å². The highest BCUT2D eigenvalue weighted by molar-refractivity contribution is 5.80. The number of nitrogens with zero attached hydrogens (tertiary/aromatic N) is 1. The number of likely N-dealkylation sites (tertiary alicyclic amines) is 1. The van der Waals surface area contributed by atoms with Crippen LogP contribution in [0.1, 0.15) is 44.2 Å². The summed E-state index contributed by atoms with van der Waals surface area (Å²) in [6, 6.07) is 6.01. The van der Waals surface area contributed by atoms with E-state index in [0.717, 1.165) is 29.7 Å². The molecule has 2 rings (SSSR count). The number of hydrogen-bond acceptors (Lipinski definition) is 3. The summed E-state index contributed by atoms with van der Waals surface area (Å²) in [5.41, 5.74) is 2.21. The minimum atomic E-state index is -0.0539. The molecule has 1 saturated heterocycles. The predicted molar refractivity (Wildman–Crippen MR) is 98.6 cm³/mol. The number of para-hydroxylation sites is 1. The molecule has 5 heteroatoms. The second-order valence-corrected chi connectivity index (χ2v) is 6.95. The van der Waals surface area contributed by atoms with E-state index in [1.165, 1.54) is 0 Å². The molecule has 5 nitrogen and oxygen atoms in total. The number of hydrogen-bond donors (Lipinski definition) is 1. The summed E-state index contributed by atoms with van der Waals surface area (Å²) in [7, 11) is 0. The largest absolute Gasteiger partial charge is 0.491 e. The van der Waals surface area contributed by atoms with Crippen molar-refractivity contribution in [2.75, 3.05) is 19.7 Å². The van der Waals surface area contributed by atoms with Gasteiger partial charge in [0.15, 0.2) is 0 Å². The van der Waals surface area contributed by atoms with E-state index >= 15 is 0 Å². The van der Waals surface area contributed by atoms with E-state index in [2.05, 4.69) is 5.32 Å². The van der Waals surface area contributed by atoms with E-state index in [4.69, 9.17) is 4.74 Å². The van der Waals surface area contributed by atoms with Crippen molar-refractivity contribution in [1.82, 2.24) is 10.2 Å². The van der Waals surface area contributed by atoms with Crippen molar-refractivity contribution < 1.29 is 14.3 Å². The highest BCUT2D eigenvalue weighted by Crippen LogP contribution is 2.22. The van der Waals surface area contributed by atoms with Gasteiger partial charge >= 0.3 is 0 Å². The van der Waals surface area contributed by atoms with Gasteiger partial charge in [-0.15, -0.1) is 0 Å². The average Bonchev–Trinajstić information content (AvgIpc) is 2.60. The molecule has 1 aliphatic heterocycles. The second kappa shape index (κ2) is 8.88. The molecule has 138 valence electrons. The molecule has 1 aromatic carbocycles. The lowest BCUT2D eigenvalue weighted by Gasteiger charge is -2.31. The van der Waals surface area contributed by atoms with Crippen LogP contribution in [-0.2, 0) is 9.59 Å². The maximum Gasteiger partial charge on any atom is 0.223 e. The Balaban J connectivity index is 1.78. The number of carbonyl (C=O) groups is 2. The zero-order valence-corrected chi connectivity index (χ0v) is 15.8. The molecule has 1 fully saturated rings. The van der Waals surface area contributed by atoms with Gasteiger partial charge in [0.05, 0.1) is 6.04 Å². The Hall–Kier alpha value is -2.04. The van der Waals surface area contributed by atoms with Crippen LogP contribution in [-0.4, -0.2) is 42.5 Å². The fraction of sp³-hybridized carbons (Fsp3) is 0.600. The van der Waals surface area contributed by atoms with Gasteiger partial charge in [0, 0.05) is 25.4 Å². The quantitative estimate of drug-likeness (QED) is 0.862. The van der Waals surface area contributed by atoms with Crippen molar-refractivity contribution in [3.05, 3.63) is 29.3 Å². The first kappa shape index (κ1) is 19.3. The van der Waals surface area contributed by atoms with Crippen molar-refractivity contribution in [2.24, 2.45) is 5.92 Å². The highest BCUT2D eigenvalue weighted by atomic mass is 16.5. The highest BCUT2D eigenvalue weighted by Gasteiger charge is 2.27. The molecule has 25 heavy (non-hydrogen) atoms. The third-order valence-electron chi connectivity index (χ3n) is 4.80. The molecule has 1 atom stereocenters. The minimum Gasteiger partial charge on any atom is -0.491 e. The van der Waals surface area contributed by atoms with Gasteiger partial charge in [0.25, 0.3) is 0 Å². The number of ether oxygens (including phenoxy) is 1. The first-order valence-corrected chi connectivity index (χ1v) is 9.19. The number of piperidine rings is 1. The topological polar surface area (TPSA) is 58.6 Å². The van der Waals surface area contributed by atoms with Gasteiger partial charge in [-0.3, -0.25) is 9.59 Å². The molecular formula is C20H30N2O3. The van der Waals surface area contributed by atoms with Crippen LogP contribution in [0.4, 0.5) is 0 Å². The zero-order valence-electron chi connectivity index (χ0n) is 15.8. The first-order chi connectivity index (χ1) is 11.9. The van der Waals surface area contributed by atoms with Gasteiger partial charge in [0.1, 0.15) is 12.4 Å². The Morgan fingerprint density at radius 3 is 2.40 bits per heavy atom. The Bertz CT molecular complexity index is 587. The number of nitrogens with one attached hydrogen (secondary N) is 1. The van der Waals surface area contributed by atoms with Crippen LogP contribution in [0, 0.1) is 19.8 Å². The van der Waals surface area contributed by atoms with Crippen LogP contribution < -0.4 is 10.1 Å². The van der Waals surface area contributed by atoms with Crippen LogP contribution >= 0.6 is 0 Å². The predicted octanol–water partition coefficient (Wildman–Crippen LogP) is 2.84. The van der Waals surface area contributed by atoms with Crippen molar-refractivity contribution in [2.45, 2.75) is 53.0 Å². The van der Waals surface area contributed by atoms with Crippen LogP contribution in [0.5, 0.6) is 5.75 Å². The molecule has 0 spiro atoms. The van der Waals surface area contributed by atoms with Crippen LogP contribution in [0.2, 0.25) is 0 Å². The molecule has 1 N–H and O–H groups in total. The van der Waals surface area contributed by atoms with Gasteiger partial charge in [-0.25, -0.2) is 0 Å². The van der Waals surface area contributed by atoms with E-state index in [9.17, 15) is 9.59 Å². The maximum atomic E-state index is 12.4. The monoisotopic (exact) mass is 346 g/mol. The zero-order chi connectivity index (χ0) is 18.4. The Morgan fingerprint density at radius 1 is 1.24 bits per heavy atom. The van der Waals surface area contributed by atoms with Crippen molar-refractivity contribution >= 4 is 11.8 Å². The van der Waals surface area contributed by atoms with Crippen molar-refractivity contribution in [1.29, 1.82) is 0 Å². The lowest BCUT2D eigenvalue weighted by Crippen LogP contribution is -2.45. The molecule has 1 heterocycles. The van der Waals surface area contributed by atoms with E-state index in [1.807, 2.05) is 50.8 Å². The molecule has 1 aromatic rings. The van der Waals surface area contributed by atoms with Gasteiger partial charge in [-0.05, 0) is 44.7 Å². The summed E-state index contributed by atoms with van der Waals surface area (Å²) in [5, 5.41) is 3.05. The average molecular weight is 346 g/mol. The number of carbonyl (C=O) groups excluding carboxylic acids is 2. The fourth-order valence-electron chi connectivity index (χ4n) is 3.25. The summed E-state index contributed by atoms with van der Waals surface area (Å²) >= 11 is 0. The maximum absolute atomic E-state index is 12.4. The molecule has 0 saturated carbocycles. The molecule has 1 aliphatic rings. The number of amides is 2. The fourth-order valence-corrected chi connectivity index (χ4v) is 3.25. The summed E-state index contributed by atoms with van der Waals surface area (Å²) < 4.78 is 5.91. The normalized spacial score (nSPS) is 16.4.